The third-order valence-electron chi connectivity index (χ3n) is 2.09. The molecule has 0 saturated heterocycles. The Bertz CT molecular complexity index is 190. The summed E-state index contributed by atoms with van der Waals surface area (Å²) in [6.45, 7) is 11.0. The lowest BCUT2D eigenvalue weighted by molar-refractivity contribution is -0.132. The Balaban J connectivity index is 4.19. The first kappa shape index (κ1) is 13.2. The van der Waals surface area contributed by atoms with E-state index in [4.69, 9.17) is 5.73 Å². The zero-order valence-electron chi connectivity index (χ0n) is 9.49. The molecule has 1 amide bonds. The smallest absolute Gasteiger partial charge is 0.239 e. The van der Waals surface area contributed by atoms with Crippen molar-refractivity contribution in [3.8, 4) is 0 Å². The maximum absolute atomic E-state index is 11.8. The van der Waals surface area contributed by atoms with E-state index in [-0.39, 0.29) is 11.9 Å². The van der Waals surface area contributed by atoms with Crippen LogP contribution in [0.2, 0.25) is 0 Å². The van der Waals surface area contributed by atoms with Gasteiger partial charge in [-0.05, 0) is 19.3 Å². The summed E-state index contributed by atoms with van der Waals surface area (Å²) < 4.78 is 0. The van der Waals surface area contributed by atoms with Crippen LogP contribution in [0.1, 0.15) is 27.2 Å². The fraction of sp³-hybridized carbons (Fsp3) is 0.727. The largest absolute Gasteiger partial charge is 0.338 e. The Morgan fingerprint density at radius 3 is 2.50 bits per heavy atom. The zero-order valence-corrected chi connectivity index (χ0v) is 9.49. The summed E-state index contributed by atoms with van der Waals surface area (Å²) in [7, 11) is 0. The third kappa shape index (κ3) is 4.42. The van der Waals surface area contributed by atoms with Gasteiger partial charge in [0.25, 0.3) is 0 Å². The van der Waals surface area contributed by atoms with Gasteiger partial charge in [0.05, 0.1) is 6.04 Å². The van der Waals surface area contributed by atoms with E-state index in [9.17, 15) is 4.79 Å². The van der Waals surface area contributed by atoms with Crippen LogP contribution in [0.25, 0.3) is 0 Å². The molecule has 0 aromatic rings. The summed E-state index contributed by atoms with van der Waals surface area (Å²) in [5, 5.41) is 0. The van der Waals surface area contributed by atoms with E-state index < -0.39 is 0 Å². The number of carbonyl (C=O) groups is 1. The molecule has 2 N–H and O–H groups in total. The highest BCUT2D eigenvalue weighted by molar-refractivity contribution is 5.81. The highest BCUT2D eigenvalue weighted by atomic mass is 16.2. The predicted octanol–water partition coefficient (Wildman–Crippen LogP) is 1.39. The average Bonchev–Trinajstić information content (AvgIpc) is 2.12. The molecule has 1 atom stereocenters. The SMILES string of the molecule is C=CCN(CC)C(=O)C(N)CC(C)C. The lowest BCUT2D eigenvalue weighted by atomic mass is 10.0. The van der Waals surface area contributed by atoms with Crippen molar-refractivity contribution in [2.75, 3.05) is 13.1 Å². The van der Waals surface area contributed by atoms with Gasteiger partial charge in [0.15, 0.2) is 0 Å². The number of nitrogens with two attached hydrogens (primary N) is 1. The van der Waals surface area contributed by atoms with Gasteiger partial charge < -0.3 is 10.6 Å². The minimum absolute atomic E-state index is 0.0288. The molecule has 0 bridgehead atoms. The van der Waals surface area contributed by atoms with Gasteiger partial charge in [0.1, 0.15) is 0 Å². The van der Waals surface area contributed by atoms with Crippen molar-refractivity contribution in [3.63, 3.8) is 0 Å². The molecule has 0 aliphatic carbocycles. The number of rotatable bonds is 6. The van der Waals surface area contributed by atoms with Crippen molar-refractivity contribution in [2.24, 2.45) is 11.7 Å². The van der Waals surface area contributed by atoms with Crippen molar-refractivity contribution >= 4 is 5.91 Å². The molecule has 0 radical (unpaired) electrons. The average molecular weight is 198 g/mol. The van der Waals surface area contributed by atoms with Gasteiger partial charge in [-0.1, -0.05) is 19.9 Å². The molecule has 0 saturated carbocycles. The summed E-state index contributed by atoms with van der Waals surface area (Å²) in [6, 6.07) is -0.366. The normalized spacial score (nSPS) is 12.6. The van der Waals surface area contributed by atoms with Crippen LogP contribution in [-0.2, 0) is 4.79 Å². The zero-order chi connectivity index (χ0) is 11.1. The van der Waals surface area contributed by atoms with Crippen molar-refractivity contribution in [2.45, 2.75) is 33.2 Å². The van der Waals surface area contributed by atoms with Gasteiger partial charge in [0.2, 0.25) is 5.91 Å². The maximum atomic E-state index is 11.8. The van der Waals surface area contributed by atoms with E-state index in [0.717, 1.165) is 6.42 Å². The second-order valence-corrected chi connectivity index (χ2v) is 3.90. The number of carbonyl (C=O) groups excluding carboxylic acids is 1. The van der Waals surface area contributed by atoms with Crippen LogP contribution in [0.4, 0.5) is 0 Å². The van der Waals surface area contributed by atoms with Crippen LogP contribution in [0, 0.1) is 5.92 Å². The predicted molar refractivity (Wildman–Crippen MR) is 59.9 cm³/mol. The van der Waals surface area contributed by atoms with Crippen LogP contribution in [0.15, 0.2) is 12.7 Å². The first-order valence-corrected chi connectivity index (χ1v) is 5.18. The van der Waals surface area contributed by atoms with E-state index in [2.05, 4.69) is 20.4 Å². The van der Waals surface area contributed by atoms with Crippen molar-refractivity contribution in [1.82, 2.24) is 4.90 Å². The molecule has 14 heavy (non-hydrogen) atoms. The molecule has 1 unspecified atom stereocenters. The van der Waals surface area contributed by atoms with Crippen LogP contribution < -0.4 is 5.73 Å². The van der Waals surface area contributed by atoms with Crippen LogP contribution in [0.5, 0.6) is 0 Å². The van der Waals surface area contributed by atoms with E-state index in [1.54, 1.807) is 11.0 Å². The summed E-state index contributed by atoms with van der Waals surface area (Å²) >= 11 is 0. The maximum Gasteiger partial charge on any atom is 0.239 e. The molecular formula is C11H22N2O. The van der Waals surface area contributed by atoms with E-state index >= 15 is 0 Å². The number of likely N-dealkylation sites (N-methyl/N-ethyl adjacent to an activating group) is 1. The molecule has 0 heterocycles. The summed E-state index contributed by atoms with van der Waals surface area (Å²) in [5.41, 5.74) is 5.80. The minimum atomic E-state index is -0.366. The standard InChI is InChI=1S/C11H22N2O/c1-5-7-13(6-2)11(14)10(12)8-9(3)4/h5,9-10H,1,6-8,12H2,2-4H3. The van der Waals surface area contributed by atoms with E-state index in [1.165, 1.54) is 0 Å². The highest BCUT2D eigenvalue weighted by Crippen LogP contribution is 2.05. The minimum Gasteiger partial charge on any atom is -0.338 e. The van der Waals surface area contributed by atoms with Crippen LogP contribution in [0.3, 0.4) is 0 Å². The van der Waals surface area contributed by atoms with Gasteiger partial charge >= 0.3 is 0 Å². The second-order valence-electron chi connectivity index (χ2n) is 3.90. The van der Waals surface area contributed by atoms with E-state index in [0.29, 0.717) is 19.0 Å². The van der Waals surface area contributed by atoms with Gasteiger partial charge in [-0.15, -0.1) is 6.58 Å². The van der Waals surface area contributed by atoms with Crippen LogP contribution >= 0.6 is 0 Å². The van der Waals surface area contributed by atoms with Gasteiger partial charge in [0, 0.05) is 13.1 Å². The molecule has 82 valence electrons. The molecule has 3 heteroatoms. The first-order chi connectivity index (χ1) is 6.52. The Labute approximate surface area is 87.0 Å². The summed E-state index contributed by atoms with van der Waals surface area (Å²) in [6.07, 6.45) is 2.47. The molecule has 0 rings (SSSR count). The molecule has 0 aromatic heterocycles. The molecular weight excluding hydrogens is 176 g/mol. The van der Waals surface area contributed by atoms with E-state index in [1.807, 2.05) is 6.92 Å². The Morgan fingerprint density at radius 1 is 1.57 bits per heavy atom. The quantitative estimate of drug-likeness (QED) is 0.656. The Morgan fingerprint density at radius 2 is 2.14 bits per heavy atom. The third-order valence-corrected chi connectivity index (χ3v) is 2.09. The highest BCUT2D eigenvalue weighted by Gasteiger charge is 2.19. The van der Waals surface area contributed by atoms with Gasteiger partial charge in [-0.2, -0.15) is 0 Å². The Hall–Kier alpha value is -0.830. The molecule has 0 aliphatic rings. The number of nitrogens with zero attached hydrogens (tertiary/aromatic N) is 1. The lowest BCUT2D eigenvalue weighted by Gasteiger charge is -2.23. The number of amides is 1. The van der Waals surface area contributed by atoms with Crippen molar-refractivity contribution in [3.05, 3.63) is 12.7 Å². The molecule has 0 fully saturated rings. The summed E-state index contributed by atoms with van der Waals surface area (Å²) in [5.74, 6) is 0.484. The fourth-order valence-corrected chi connectivity index (χ4v) is 1.37. The molecule has 3 nitrogen and oxygen atoms in total. The second kappa shape index (κ2) is 6.60. The summed E-state index contributed by atoms with van der Waals surface area (Å²) in [4.78, 5) is 13.5. The monoisotopic (exact) mass is 198 g/mol. The molecule has 0 aliphatic heterocycles. The topological polar surface area (TPSA) is 46.3 Å². The van der Waals surface area contributed by atoms with Gasteiger partial charge in [-0.25, -0.2) is 0 Å². The molecule has 0 spiro atoms. The fourth-order valence-electron chi connectivity index (χ4n) is 1.37. The van der Waals surface area contributed by atoms with Crippen molar-refractivity contribution in [1.29, 1.82) is 0 Å². The first-order valence-electron chi connectivity index (χ1n) is 5.18. The van der Waals surface area contributed by atoms with Crippen molar-refractivity contribution < 1.29 is 4.79 Å². The van der Waals surface area contributed by atoms with Gasteiger partial charge in [-0.3, -0.25) is 4.79 Å². The Kier molecular flexibility index (Phi) is 6.21. The number of hydrogen-bond acceptors (Lipinski definition) is 2. The number of hydrogen-bond donors (Lipinski definition) is 1. The van der Waals surface area contributed by atoms with Crippen LogP contribution in [-0.4, -0.2) is 29.9 Å². The lowest BCUT2D eigenvalue weighted by Crippen LogP contribution is -2.44. The molecule has 0 aromatic carbocycles.